The number of ether oxygens (including phenoxy) is 4. The molecule has 1 atom stereocenters. The van der Waals surface area contributed by atoms with Crippen molar-refractivity contribution in [2.75, 3.05) is 20.8 Å². The van der Waals surface area contributed by atoms with Crippen LogP contribution in [0.15, 0.2) is 42.5 Å². The van der Waals surface area contributed by atoms with Crippen LogP contribution in [0.1, 0.15) is 5.56 Å². The SMILES string of the molecule is COc1ccc(CNC(=O)[C@@H]2COc3ccccc3O2)c(OC)c1. The van der Waals surface area contributed by atoms with Gasteiger partial charge in [-0.05, 0) is 24.3 Å². The van der Waals surface area contributed by atoms with E-state index in [1.807, 2.05) is 30.3 Å². The van der Waals surface area contributed by atoms with Crippen LogP contribution >= 0.6 is 0 Å². The van der Waals surface area contributed by atoms with Crippen molar-refractivity contribution in [2.24, 2.45) is 0 Å². The number of hydrogen-bond acceptors (Lipinski definition) is 5. The molecule has 0 radical (unpaired) electrons. The summed E-state index contributed by atoms with van der Waals surface area (Å²) in [7, 11) is 3.17. The van der Waals surface area contributed by atoms with Gasteiger partial charge in [-0.2, -0.15) is 0 Å². The molecular weight excluding hydrogens is 310 g/mol. The molecule has 0 aliphatic carbocycles. The van der Waals surface area contributed by atoms with Gasteiger partial charge in [-0.1, -0.05) is 12.1 Å². The monoisotopic (exact) mass is 329 g/mol. The Hall–Kier alpha value is -2.89. The molecule has 1 aliphatic rings. The molecule has 0 saturated carbocycles. The van der Waals surface area contributed by atoms with Crippen molar-refractivity contribution in [3.8, 4) is 23.0 Å². The highest BCUT2D eigenvalue weighted by Gasteiger charge is 2.27. The fourth-order valence-corrected chi connectivity index (χ4v) is 2.44. The largest absolute Gasteiger partial charge is 0.497 e. The number of carbonyl (C=O) groups is 1. The molecule has 0 fully saturated rings. The highest BCUT2D eigenvalue weighted by atomic mass is 16.6. The lowest BCUT2D eigenvalue weighted by Gasteiger charge is -2.25. The van der Waals surface area contributed by atoms with E-state index in [1.165, 1.54) is 0 Å². The second-order valence-corrected chi connectivity index (χ2v) is 5.26. The second-order valence-electron chi connectivity index (χ2n) is 5.26. The van der Waals surface area contributed by atoms with Crippen molar-refractivity contribution < 1.29 is 23.7 Å². The zero-order valence-corrected chi connectivity index (χ0v) is 13.6. The normalized spacial score (nSPS) is 15.5. The molecule has 0 spiro atoms. The van der Waals surface area contributed by atoms with E-state index in [-0.39, 0.29) is 12.5 Å². The minimum atomic E-state index is -0.677. The summed E-state index contributed by atoms with van der Waals surface area (Å²) >= 11 is 0. The summed E-state index contributed by atoms with van der Waals surface area (Å²) in [5.41, 5.74) is 0.851. The summed E-state index contributed by atoms with van der Waals surface area (Å²) in [6.45, 7) is 0.510. The van der Waals surface area contributed by atoms with E-state index >= 15 is 0 Å². The van der Waals surface area contributed by atoms with Crippen molar-refractivity contribution in [1.82, 2.24) is 5.32 Å². The Kier molecular flexibility index (Phi) is 4.74. The average Bonchev–Trinajstić information content (AvgIpc) is 2.65. The third-order valence-electron chi connectivity index (χ3n) is 3.75. The number of nitrogens with one attached hydrogen (secondary N) is 1. The molecule has 1 amide bonds. The van der Waals surface area contributed by atoms with Gasteiger partial charge in [0.1, 0.15) is 18.1 Å². The van der Waals surface area contributed by atoms with E-state index in [9.17, 15) is 4.79 Å². The summed E-state index contributed by atoms with van der Waals surface area (Å²) in [6.07, 6.45) is -0.677. The molecule has 1 heterocycles. The highest BCUT2D eigenvalue weighted by Crippen LogP contribution is 2.31. The van der Waals surface area contributed by atoms with Gasteiger partial charge >= 0.3 is 0 Å². The average molecular weight is 329 g/mol. The number of amides is 1. The first-order valence-corrected chi connectivity index (χ1v) is 7.58. The van der Waals surface area contributed by atoms with Crippen molar-refractivity contribution in [1.29, 1.82) is 0 Å². The molecular formula is C18H19NO5. The Balaban J connectivity index is 1.62. The molecule has 2 aromatic carbocycles. The van der Waals surface area contributed by atoms with Gasteiger partial charge in [0.15, 0.2) is 11.5 Å². The standard InChI is InChI=1S/C18H19NO5/c1-21-13-8-7-12(16(9-13)22-2)10-19-18(20)17-11-23-14-5-3-4-6-15(14)24-17/h3-9,17H,10-11H2,1-2H3,(H,19,20)/t17-/m0/s1. The first-order valence-electron chi connectivity index (χ1n) is 7.58. The lowest BCUT2D eigenvalue weighted by molar-refractivity contribution is -0.130. The first-order chi connectivity index (χ1) is 11.7. The van der Waals surface area contributed by atoms with Crippen molar-refractivity contribution in [3.05, 3.63) is 48.0 Å². The molecule has 0 bridgehead atoms. The zero-order valence-electron chi connectivity index (χ0n) is 13.6. The van der Waals surface area contributed by atoms with Crippen LogP contribution in [-0.2, 0) is 11.3 Å². The Bertz CT molecular complexity index is 731. The van der Waals surface area contributed by atoms with Gasteiger partial charge in [0, 0.05) is 18.2 Å². The van der Waals surface area contributed by atoms with Gasteiger partial charge < -0.3 is 24.3 Å². The zero-order chi connectivity index (χ0) is 16.9. The van der Waals surface area contributed by atoms with E-state index < -0.39 is 6.10 Å². The molecule has 0 unspecified atom stereocenters. The second kappa shape index (κ2) is 7.12. The Labute approximate surface area is 140 Å². The molecule has 1 N–H and O–H groups in total. The first kappa shape index (κ1) is 16.0. The quantitative estimate of drug-likeness (QED) is 0.910. The van der Waals surface area contributed by atoms with Crippen LogP contribution in [0.2, 0.25) is 0 Å². The number of methoxy groups -OCH3 is 2. The van der Waals surface area contributed by atoms with Crippen molar-refractivity contribution in [3.63, 3.8) is 0 Å². The fourth-order valence-electron chi connectivity index (χ4n) is 2.44. The lowest BCUT2D eigenvalue weighted by atomic mass is 10.2. The Morgan fingerprint density at radius 1 is 1.17 bits per heavy atom. The van der Waals surface area contributed by atoms with Crippen LogP contribution in [0.4, 0.5) is 0 Å². The van der Waals surface area contributed by atoms with Crippen molar-refractivity contribution >= 4 is 5.91 Å². The minimum absolute atomic E-state index is 0.183. The van der Waals surface area contributed by atoms with Gasteiger partial charge in [-0.25, -0.2) is 0 Å². The topological polar surface area (TPSA) is 66.0 Å². The van der Waals surface area contributed by atoms with Gasteiger partial charge in [-0.15, -0.1) is 0 Å². The summed E-state index contributed by atoms with van der Waals surface area (Å²) in [4.78, 5) is 12.3. The van der Waals surface area contributed by atoms with E-state index in [4.69, 9.17) is 18.9 Å². The summed E-state index contributed by atoms with van der Waals surface area (Å²) in [6, 6.07) is 12.7. The molecule has 6 nitrogen and oxygen atoms in total. The minimum Gasteiger partial charge on any atom is -0.497 e. The third-order valence-corrected chi connectivity index (χ3v) is 3.75. The maximum Gasteiger partial charge on any atom is 0.264 e. The molecule has 1 aliphatic heterocycles. The molecule has 3 rings (SSSR count). The van der Waals surface area contributed by atoms with E-state index in [1.54, 1.807) is 26.4 Å². The number of benzene rings is 2. The molecule has 2 aromatic rings. The van der Waals surface area contributed by atoms with Crippen LogP contribution in [0.3, 0.4) is 0 Å². The third kappa shape index (κ3) is 3.37. The number of hydrogen-bond donors (Lipinski definition) is 1. The molecule has 24 heavy (non-hydrogen) atoms. The van der Waals surface area contributed by atoms with Crippen LogP contribution in [0.5, 0.6) is 23.0 Å². The molecule has 0 saturated heterocycles. The summed E-state index contributed by atoms with van der Waals surface area (Å²) in [5.74, 6) is 2.34. The van der Waals surface area contributed by atoms with Gasteiger partial charge in [-0.3, -0.25) is 4.79 Å². The maximum absolute atomic E-state index is 12.3. The number of para-hydroxylation sites is 2. The Morgan fingerprint density at radius 2 is 1.96 bits per heavy atom. The van der Waals surface area contributed by atoms with Gasteiger partial charge in [0.2, 0.25) is 6.10 Å². The summed E-state index contributed by atoms with van der Waals surface area (Å²) < 4.78 is 21.7. The smallest absolute Gasteiger partial charge is 0.264 e. The van der Waals surface area contributed by atoms with E-state index in [2.05, 4.69) is 5.32 Å². The van der Waals surface area contributed by atoms with E-state index in [0.29, 0.717) is 29.5 Å². The predicted octanol–water partition coefficient (Wildman–Crippen LogP) is 2.16. The molecule has 126 valence electrons. The molecule has 6 heteroatoms. The van der Waals surface area contributed by atoms with Crippen LogP contribution in [0.25, 0.3) is 0 Å². The van der Waals surface area contributed by atoms with Gasteiger partial charge in [0.25, 0.3) is 5.91 Å². The predicted molar refractivity (Wildman–Crippen MR) is 87.7 cm³/mol. The number of fused-ring (bicyclic) bond motifs is 1. The van der Waals surface area contributed by atoms with Crippen LogP contribution in [-0.4, -0.2) is 32.8 Å². The van der Waals surface area contributed by atoms with E-state index in [0.717, 1.165) is 5.56 Å². The van der Waals surface area contributed by atoms with Crippen LogP contribution < -0.4 is 24.3 Å². The fraction of sp³-hybridized carbons (Fsp3) is 0.278. The molecule has 0 aromatic heterocycles. The summed E-state index contributed by atoms with van der Waals surface area (Å²) in [5, 5.41) is 2.85. The van der Waals surface area contributed by atoms with Crippen LogP contribution in [0, 0.1) is 0 Å². The lowest BCUT2D eigenvalue weighted by Crippen LogP contribution is -2.43. The number of carbonyl (C=O) groups excluding carboxylic acids is 1. The maximum atomic E-state index is 12.3. The van der Waals surface area contributed by atoms with Crippen molar-refractivity contribution in [2.45, 2.75) is 12.6 Å². The highest BCUT2D eigenvalue weighted by molar-refractivity contribution is 5.81. The number of rotatable bonds is 5. The Morgan fingerprint density at radius 3 is 2.71 bits per heavy atom. The van der Waals surface area contributed by atoms with Gasteiger partial charge in [0.05, 0.1) is 14.2 Å².